The number of hydrogen-bond acceptors (Lipinski definition) is 3. The second kappa shape index (κ2) is 6.86. The Balaban J connectivity index is 2.45. The predicted octanol–water partition coefficient (Wildman–Crippen LogP) is 3.68. The summed E-state index contributed by atoms with van der Waals surface area (Å²) in [5, 5.41) is -0.516. The molecule has 0 aliphatic heterocycles. The Kier molecular flexibility index (Phi) is 5.77. The fourth-order valence-electron chi connectivity index (χ4n) is 1.44. The Morgan fingerprint density at radius 3 is 2.50 bits per heavy atom. The summed E-state index contributed by atoms with van der Waals surface area (Å²) < 4.78 is 4.79. The molecule has 0 saturated carbocycles. The maximum atomic E-state index is 10.5. The first-order valence-electron chi connectivity index (χ1n) is 5.19. The zero-order chi connectivity index (χ0) is 12.0. The predicted molar refractivity (Wildman–Crippen MR) is 72.5 cm³/mol. The van der Waals surface area contributed by atoms with E-state index in [1.165, 1.54) is 11.1 Å². The number of benzene rings is 1. The molecular weight excluding hydrogens is 240 g/mol. The van der Waals surface area contributed by atoms with E-state index in [2.05, 4.69) is 56.4 Å². The van der Waals surface area contributed by atoms with Crippen LogP contribution in [0.25, 0.3) is 0 Å². The third kappa shape index (κ3) is 4.49. The number of ether oxygens (including phenoxy) is 1. The second-order valence-electron chi connectivity index (χ2n) is 3.70. The zero-order valence-electron chi connectivity index (χ0n) is 9.22. The highest BCUT2D eigenvalue weighted by molar-refractivity contribution is 7.96. The van der Waals surface area contributed by atoms with Crippen molar-refractivity contribution in [1.82, 2.24) is 0 Å². The summed E-state index contributed by atoms with van der Waals surface area (Å²) in [4.78, 5) is 10.5. The SMILES string of the molecule is CC(CCOC(=O)S)c1ccc(CS)cc1. The van der Waals surface area contributed by atoms with Crippen molar-refractivity contribution in [2.24, 2.45) is 0 Å². The van der Waals surface area contributed by atoms with Crippen molar-refractivity contribution in [3.63, 3.8) is 0 Å². The third-order valence-electron chi connectivity index (χ3n) is 2.51. The molecule has 1 aromatic carbocycles. The van der Waals surface area contributed by atoms with Crippen LogP contribution < -0.4 is 0 Å². The average molecular weight is 256 g/mol. The van der Waals surface area contributed by atoms with E-state index in [1.807, 2.05) is 0 Å². The minimum absolute atomic E-state index is 0.377. The van der Waals surface area contributed by atoms with Gasteiger partial charge in [-0.1, -0.05) is 43.8 Å². The van der Waals surface area contributed by atoms with E-state index in [-0.39, 0.29) is 0 Å². The largest absolute Gasteiger partial charge is 0.458 e. The maximum absolute atomic E-state index is 10.5. The molecule has 0 heterocycles. The molecule has 88 valence electrons. The van der Waals surface area contributed by atoms with E-state index in [0.29, 0.717) is 12.5 Å². The first-order valence-corrected chi connectivity index (χ1v) is 6.27. The number of hydrogen-bond donors (Lipinski definition) is 2. The molecule has 1 unspecified atom stereocenters. The van der Waals surface area contributed by atoms with Crippen LogP contribution >= 0.6 is 25.3 Å². The van der Waals surface area contributed by atoms with Gasteiger partial charge in [-0.3, -0.25) is 0 Å². The number of rotatable bonds is 5. The first kappa shape index (κ1) is 13.5. The number of carbonyl (C=O) groups is 1. The van der Waals surface area contributed by atoms with Crippen LogP contribution in [0.5, 0.6) is 0 Å². The highest BCUT2D eigenvalue weighted by Crippen LogP contribution is 2.20. The van der Waals surface area contributed by atoms with Crippen LogP contribution in [0.15, 0.2) is 24.3 Å². The van der Waals surface area contributed by atoms with E-state index in [9.17, 15) is 4.79 Å². The summed E-state index contributed by atoms with van der Waals surface area (Å²) in [5.74, 6) is 1.13. The van der Waals surface area contributed by atoms with Crippen molar-refractivity contribution in [3.8, 4) is 0 Å². The summed E-state index contributed by atoms with van der Waals surface area (Å²) in [6, 6.07) is 8.34. The number of carbonyl (C=O) groups excluding carboxylic acids is 1. The molecule has 16 heavy (non-hydrogen) atoms. The molecule has 0 N–H and O–H groups in total. The van der Waals surface area contributed by atoms with Crippen molar-refractivity contribution in [2.45, 2.75) is 25.0 Å². The molecule has 0 aliphatic rings. The van der Waals surface area contributed by atoms with Gasteiger partial charge in [-0.05, 0) is 23.5 Å². The Bertz CT molecular complexity index is 335. The summed E-state index contributed by atoms with van der Waals surface area (Å²) in [6.07, 6.45) is 0.812. The van der Waals surface area contributed by atoms with Crippen molar-refractivity contribution in [3.05, 3.63) is 35.4 Å². The molecule has 1 aromatic rings. The van der Waals surface area contributed by atoms with E-state index in [4.69, 9.17) is 4.74 Å². The number of thiol groups is 2. The third-order valence-corrected chi connectivity index (χ3v) is 3.00. The smallest absolute Gasteiger partial charge is 0.364 e. The molecule has 0 spiro atoms. The molecule has 0 radical (unpaired) electrons. The summed E-state index contributed by atoms with van der Waals surface area (Å²) >= 11 is 7.75. The molecule has 2 nitrogen and oxygen atoms in total. The zero-order valence-corrected chi connectivity index (χ0v) is 11.0. The van der Waals surface area contributed by atoms with E-state index >= 15 is 0 Å². The highest BCUT2D eigenvalue weighted by atomic mass is 32.1. The lowest BCUT2D eigenvalue weighted by Gasteiger charge is -2.11. The lowest BCUT2D eigenvalue weighted by atomic mass is 9.97. The normalized spacial score (nSPS) is 12.2. The molecule has 1 rings (SSSR count). The van der Waals surface area contributed by atoms with Crippen LogP contribution in [-0.2, 0) is 10.5 Å². The van der Waals surface area contributed by atoms with Crippen LogP contribution in [-0.4, -0.2) is 11.9 Å². The lowest BCUT2D eigenvalue weighted by molar-refractivity contribution is 0.172. The fraction of sp³-hybridized carbons (Fsp3) is 0.417. The molecule has 4 heteroatoms. The summed E-state index contributed by atoms with van der Waals surface area (Å²) in [7, 11) is 0. The van der Waals surface area contributed by atoms with Crippen LogP contribution in [0.3, 0.4) is 0 Å². The Hall–Kier alpha value is -0.610. The maximum Gasteiger partial charge on any atom is 0.364 e. The monoisotopic (exact) mass is 256 g/mol. The highest BCUT2D eigenvalue weighted by Gasteiger charge is 2.06. The molecule has 0 saturated heterocycles. The Morgan fingerprint density at radius 1 is 1.38 bits per heavy atom. The van der Waals surface area contributed by atoms with Gasteiger partial charge >= 0.3 is 5.30 Å². The first-order chi connectivity index (χ1) is 7.63. The van der Waals surface area contributed by atoms with Gasteiger partial charge in [-0.2, -0.15) is 12.6 Å². The van der Waals surface area contributed by atoms with Crippen molar-refractivity contribution in [2.75, 3.05) is 6.61 Å². The average Bonchev–Trinajstić information content (AvgIpc) is 2.28. The molecule has 0 fully saturated rings. The fourth-order valence-corrected chi connectivity index (χ4v) is 1.74. The van der Waals surface area contributed by atoms with Crippen molar-refractivity contribution >= 4 is 30.6 Å². The van der Waals surface area contributed by atoms with Gasteiger partial charge in [0, 0.05) is 5.75 Å². The molecule has 0 bridgehead atoms. The van der Waals surface area contributed by atoms with Gasteiger partial charge in [0.2, 0.25) is 0 Å². The van der Waals surface area contributed by atoms with Crippen LogP contribution in [0, 0.1) is 0 Å². The second-order valence-corrected chi connectivity index (χ2v) is 4.39. The Labute approximate surface area is 107 Å². The topological polar surface area (TPSA) is 26.3 Å². The van der Waals surface area contributed by atoms with Crippen LogP contribution in [0.1, 0.15) is 30.4 Å². The van der Waals surface area contributed by atoms with Crippen molar-refractivity contribution in [1.29, 1.82) is 0 Å². The van der Waals surface area contributed by atoms with Gasteiger partial charge < -0.3 is 4.74 Å². The van der Waals surface area contributed by atoms with Gasteiger partial charge in [0.1, 0.15) is 0 Å². The molecule has 0 amide bonds. The molecule has 0 aliphatic carbocycles. The summed E-state index contributed by atoms with van der Waals surface area (Å²) in [5.41, 5.74) is 2.46. The molecule has 1 atom stereocenters. The van der Waals surface area contributed by atoms with E-state index < -0.39 is 5.30 Å². The van der Waals surface area contributed by atoms with Crippen LogP contribution in [0.2, 0.25) is 0 Å². The van der Waals surface area contributed by atoms with Gasteiger partial charge in [0.25, 0.3) is 0 Å². The van der Waals surface area contributed by atoms with E-state index in [1.54, 1.807) is 0 Å². The molecular formula is C12H16O2S2. The Morgan fingerprint density at radius 2 is 2.00 bits per heavy atom. The van der Waals surface area contributed by atoms with Gasteiger partial charge in [0.05, 0.1) is 6.61 Å². The standard InChI is InChI=1S/C12H16O2S2/c1-9(6-7-14-12(13)16)11-4-2-10(8-15)3-5-11/h2-5,9,15H,6-8H2,1H3,(H,13,16). The molecule has 0 aromatic heterocycles. The minimum atomic E-state index is -0.516. The van der Waals surface area contributed by atoms with Gasteiger partial charge in [-0.15, -0.1) is 0 Å². The van der Waals surface area contributed by atoms with Crippen molar-refractivity contribution < 1.29 is 9.53 Å². The van der Waals surface area contributed by atoms with Crippen LogP contribution in [0.4, 0.5) is 4.79 Å². The van der Waals surface area contributed by atoms with E-state index in [0.717, 1.165) is 12.2 Å². The van der Waals surface area contributed by atoms with Gasteiger partial charge in [0.15, 0.2) is 0 Å². The van der Waals surface area contributed by atoms with Gasteiger partial charge in [-0.25, -0.2) is 4.79 Å². The summed E-state index contributed by atoms with van der Waals surface area (Å²) in [6.45, 7) is 2.53. The lowest BCUT2D eigenvalue weighted by Crippen LogP contribution is -2.02. The minimum Gasteiger partial charge on any atom is -0.458 e. The quantitative estimate of drug-likeness (QED) is 0.621.